The first-order valence-electron chi connectivity index (χ1n) is 6.27. The van der Waals surface area contributed by atoms with E-state index in [-0.39, 0.29) is 28.4 Å². The van der Waals surface area contributed by atoms with Crippen molar-refractivity contribution in [3.05, 3.63) is 35.1 Å². The van der Waals surface area contributed by atoms with E-state index in [1.807, 2.05) is 11.9 Å². The smallest absolute Gasteiger partial charge is 0.151 e. The maximum atomic E-state index is 13.4. The molecule has 1 saturated heterocycles. The van der Waals surface area contributed by atoms with Gasteiger partial charge in [-0.1, -0.05) is 12.2 Å². The van der Waals surface area contributed by atoms with Crippen LogP contribution in [0.25, 0.3) is 0 Å². The van der Waals surface area contributed by atoms with E-state index in [9.17, 15) is 12.8 Å². The first-order valence-corrected chi connectivity index (χ1v) is 8.50. The van der Waals surface area contributed by atoms with Crippen molar-refractivity contribution in [3.8, 4) is 0 Å². The Morgan fingerprint density at radius 2 is 2.25 bits per heavy atom. The fourth-order valence-corrected chi connectivity index (χ4v) is 4.46. The number of halogens is 1. The highest BCUT2D eigenvalue weighted by Crippen LogP contribution is 2.20. The molecule has 2 N–H and O–H groups in total. The summed E-state index contributed by atoms with van der Waals surface area (Å²) in [5.41, 5.74) is 6.95. The highest BCUT2D eigenvalue weighted by Gasteiger charge is 2.30. The van der Waals surface area contributed by atoms with Crippen LogP contribution < -0.4 is 5.73 Å². The maximum absolute atomic E-state index is 13.4. The van der Waals surface area contributed by atoms with Gasteiger partial charge in [-0.3, -0.25) is 4.90 Å². The molecule has 0 spiro atoms. The molecule has 0 amide bonds. The summed E-state index contributed by atoms with van der Waals surface area (Å²) in [6.45, 7) is 0.421. The number of thiocarbonyl (C=S) groups is 1. The zero-order valence-electron chi connectivity index (χ0n) is 11.2. The molecule has 1 unspecified atom stereocenters. The Balaban J connectivity index is 2.17. The van der Waals surface area contributed by atoms with E-state index in [1.165, 1.54) is 12.1 Å². The summed E-state index contributed by atoms with van der Waals surface area (Å²) in [6.07, 6.45) is 0.608. The van der Waals surface area contributed by atoms with Gasteiger partial charge in [-0.25, -0.2) is 12.8 Å². The van der Waals surface area contributed by atoms with E-state index >= 15 is 0 Å². The van der Waals surface area contributed by atoms with Gasteiger partial charge in [0.1, 0.15) is 10.8 Å². The van der Waals surface area contributed by atoms with E-state index in [1.54, 1.807) is 6.07 Å². The topological polar surface area (TPSA) is 63.4 Å². The summed E-state index contributed by atoms with van der Waals surface area (Å²) in [7, 11) is -1.10. The third-order valence-corrected chi connectivity index (χ3v) is 5.55. The van der Waals surface area contributed by atoms with Crippen molar-refractivity contribution in [2.45, 2.75) is 19.0 Å². The van der Waals surface area contributed by atoms with Crippen LogP contribution in [-0.2, 0) is 16.4 Å². The van der Waals surface area contributed by atoms with Gasteiger partial charge < -0.3 is 5.73 Å². The van der Waals surface area contributed by atoms with Crippen LogP contribution in [-0.4, -0.2) is 42.9 Å². The molecular weight excluding hydrogens is 299 g/mol. The molecular formula is C13H17FN2O2S2. The van der Waals surface area contributed by atoms with Crippen LogP contribution >= 0.6 is 12.2 Å². The number of sulfone groups is 1. The molecule has 0 bridgehead atoms. The van der Waals surface area contributed by atoms with E-state index in [4.69, 9.17) is 18.0 Å². The fourth-order valence-electron chi connectivity index (χ4n) is 2.45. The molecule has 1 atom stereocenters. The standard InChI is InChI=1S/C13H17FN2O2S2/c1-16(11-4-5-20(17,18)8-11)7-9-6-10(14)2-3-12(9)13(15)19/h2-3,6,11H,4-5,7-8H2,1H3,(H2,15,19). The van der Waals surface area contributed by atoms with Crippen molar-refractivity contribution >= 4 is 27.0 Å². The van der Waals surface area contributed by atoms with Crippen molar-refractivity contribution in [2.75, 3.05) is 18.6 Å². The fraction of sp³-hybridized carbons (Fsp3) is 0.462. The summed E-state index contributed by atoms with van der Waals surface area (Å²) in [5.74, 6) is 0.0154. The lowest BCUT2D eigenvalue weighted by molar-refractivity contribution is 0.253. The predicted octanol–water partition coefficient (Wildman–Crippen LogP) is 1.08. The lowest BCUT2D eigenvalue weighted by Gasteiger charge is -2.24. The SMILES string of the molecule is CN(Cc1cc(F)ccc1C(N)=S)C1CCS(=O)(=O)C1. The van der Waals surface area contributed by atoms with Gasteiger partial charge in [0.25, 0.3) is 0 Å². The summed E-state index contributed by atoms with van der Waals surface area (Å²) >= 11 is 4.96. The van der Waals surface area contributed by atoms with Crippen LogP contribution in [0.1, 0.15) is 17.5 Å². The molecule has 7 heteroatoms. The maximum Gasteiger partial charge on any atom is 0.151 e. The Kier molecular flexibility index (Phi) is 4.41. The van der Waals surface area contributed by atoms with Crippen LogP contribution in [0.2, 0.25) is 0 Å². The molecule has 1 aromatic carbocycles. The number of hydrogen-bond donors (Lipinski definition) is 1. The summed E-state index contributed by atoms with van der Waals surface area (Å²) in [5, 5.41) is 0. The largest absolute Gasteiger partial charge is 0.389 e. The third-order valence-electron chi connectivity index (χ3n) is 3.58. The normalized spacial score (nSPS) is 21.2. The van der Waals surface area contributed by atoms with Gasteiger partial charge in [0.15, 0.2) is 9.84 Å². The second-order valence-corrected chi connectivity index (χ2v) is 7.81. The number of nitrogens with two attached hydrogens (primary N) is 1. The van der Waals surface area contributed by atoms with E-state index in [0.717, 1.165) is 0 Å². The van der Waals surface area contributed by atoms with Gasteiger partial charge >= 0.3 is 0 Å². The van der Waals surface area contributed by atoms with Gasteiger partial charge in [-0.2, -0.15) is 0 Å². The highest BCUT2D eigenvalue weighted by molar-refractivity contribution is 7.91. The van der Waals surface area contributed by atoms with E-state index in [0.29, 0.717) is 24.1 Å². The molecule has 0 aliphatic carbocycles. The third kappa shape index (κ3) is 3.53. The average molecular weight is 316 g/mol. The molecule has 1 aliphatic heterocycles. The minimum absolute atomic E-state index is 0.0394. The molecule has 1 aliphatic rings. The van der Waals surface area contributed by atoms with Crippen molar-refractivity contribution in [2.24, 2.45) is 5.73 Å². The Bertz CT molecular complexity index is 631. The van der Waals surface area contributed by atoms with Crippen molar-refractivity contribution in [3.63, 3.8) is 0 Å². The minimum atomic E-state index is -2.93. The van der Waals surface area contributed by atoms with Gasteiger partial charge in [0.2, 0.25) is 0 Å². The average Bonchev–Trinajstić information content (AvgIpc) is 2.69. The van der Waals surface area contributed by atoms with Crippen LogP contribution in [0.15, 0.2) is 18.2 Å². The van der Waals surface area contributed by atoms with Crippen LogP contribution in [0.3, 0.4) is 0 Å². The molecule has 2 rings (SSSR count). The summed E-state index contributed by atoms with van der Waals surface area (Å²) < 4.78 is 36.4. The quantitative estimate of drug-likeness (QED) is 0.842. The summed E-state index contributed by atoms with van der Waals surface area (Å²) in [6, 6.07) is 4.24. The highest BCUT2D eigenvalue weighted by atomic mass is 32.2. The number of rotatable bonds is 4. The van der Waals surface area contributed by atoms with Crippen LogP contribution in [0.5, 0.6) is 0 Å². The second kappa shape index (κ2) is 5.75. The summed E-state index contributed by atoms with van der Waals surface area (Å²) in [4.78, 5) is 2.13. The molecule has 110 valence electrons. The molecule has 1 heterocycles. The molecule has 20 heavy (non-hydrogen) atoms. The van der Waals surface area contributed by atoms with Crippen LogP contribution in [0.4, 0.5) is 4.39 Å². The molecule has 0 radical (unpaired) electrons. The molecule has 1 fully saturated rings. The zero-order valence-corrected chi connectivity index (χ0v) is 12.8. The van der Waals surface area contributed by atoms with Crippen molar-refractivity contribution < 1.29 is 12.8 Å². The Labute approximate surface area is 123 Å². The van der Waals surface area contributed by atoms with Crippen molar-refractivity contribution in [1.82, 2.24) is 4.90 Å². The van der Waals surface area contributed by atoms with E-state index < -0.39 is 9.84 Å². The van der Waals surface area contributed by atoms with Gasteiger partial charge in [0, 0.05) is 18.2 Å². The Morgan fingerprint density at radius 1 is 1.55 bits per heavy atom. The van der Waals surface area contributed by atoms with E-state index in [2.05, 4.69) is 0 Å². The lowest BCUT2D eigenvalue weighted by atomic mass is 10.1. The zero-order chi connectivity index (χ0) is 14.9. The minimum Gasteiger partial charge on any atom is -0.389 e. The first kappa shape index (κ1) is 15.3. The van der Waals surface area contributed by atoms with Gasteiger partial charge in [-0.05, 0) is 37.2 Å². The monoisotopic (exact) mass is 316 g/mol. The number of nitrogens with zero attached hydrogens (tertiary/aromatic N) is 1. The number of hydrogen-bond acceptors (Lipinski definition) is 4. The Morgan fingerprint density at radius 3 is 2.80 bits per heavy atom. The first-order chi connectivity index (χ1) is 9.28. The molecule has 1 aromatic rings. The Hall–Kier alpha value is -1.05. The second-order valence-electron chi connectivity index (χ2n) is 5.14. The van der Waals surface area contributed by atoms with Crippen LogP contribution in [0, 0.1) is 5.82 Å². The molecule has 4 nitrogen and oxygen atoms in total. The number of benzene rings is 1. The van der Waals surface area contributed by atoms with Gasteiger partial charge in [0.05, 0.1) is 11.5 Å². The lowest BCUT2D eigenvalue weighted by Crippen LogP contribution is -2.32. The molecule has 0 saturated carbocycles. The van der Waals surface area contributed by atoms with Gasteiger partial charge in [-0.15, -0.1) is 0 Å². The predicted molar refractivity (Wildman–Crippen MR) is 80.8 cm³/mol. The van der Waals surface area contributed by atoms with Crippen molar-refractivity contribution in [1.29, 1.82) is 0 Å². The molecule has 0 aromatic heterocycles.